The zero-order valence-electron chi connectivity index (χ0n) is 12.1. The third-order valence-corrected chi connectivity index (χ3v) is 3.71. The summed E-state index contributed by atoms with van der Waals surface area (Å²) in [7, 11) is 0. The van der Waals surface area contributed by atoms with Crippen LogP contribution in [-0.2, 0) is 0 Å². The van der Waals surface area contributed by atoms with Crippen molar-refractivity contribution in [1.82, 2.24) is 0 Å². The summed E-state index contributed by atoms with van der Waals surface area (Å²) in [6, 6.07) is 2.05. The summed E-state index contributed by atoms with van der Waals surface area (Å²) in [5, 5.41) is 0. The molecule has 0 saturated heterocycles. The average Bonchev–Trinajstić information content (AvgIpc) is 2.33. The molecular formula is C15H20F3NO2. The molecule has 3 nitrogen and oxygen atoms in total. The van der Waals surface area contributed by atoms with Crippen molar-refractivity contribution in [2.45, 2.75) is 45.8 Å². The molecular weight excluding hydrogens is 283 g/mol. The molecule has 1 aliphatic rings. The molecule has 118 valence electrons. The standard InChI is InChI=1S/C15H20F3NO2/c1-8-3-9(2)5-10(4-8)20-14-7-13(21-15(17)18)11(16)6-12(14)19/h6-10,15H,3-5,19H2,1-2H3. The van der Waals surface area contributed by atoms with Gasteiger partial charge in [-0.05, 0) is 31.1 Å². The van der Waals surface area contributed by atoms with Crippen LogP contribution < -0.4 is 15.2 Å². The second-order valence-electron chi connectivity index (χ2n) is 5.86. The molecule has 2 unspecified atom stereocenters. The van der Waals surface area contributed by atoms with Gasteiger partial charge >= 0.3 is 6.61 Å². The first-order valence-electron chi connectivity index (χ1n) is 7.05. The molecule has 0 bridgehead atoms. The number of alkyl halides is 2. The van der Waals surface area contributed by atoms with Crippen molar-refractivity contribution in [3.63, 3.8) is 0 Å². The number of benzene rings is 1. The lowest BCUT2D eigenvalue weighted by Crippen LogP contribution is -2.28. The predicted molar refractivity (Wildman–Crippen MR) is 74.0 cm³/mol. The first kappa shape index (κ1) is 15.8. The second kappa shape index (κ2) is 6.45. The minimum Gasteiger partial charge on any atom is -0.488 e. The van der Waals surface area contributed by atoms with E-state index in [-0.39, 0.29) is 17.5 Å². The number of nitrogens with two attached hydrogens (primary N) is 1. The number of halogens is 3. The minimum absolute atomic E-state index is 0.0455. The van der Waals surface area contributed by atoms with Crippen LogP contribution in [0.2, 0.25) is 0 Å². The molecule has 0 amide bonds. The van der Waals surface area contributed by atoms with Gasteiger partial charge in [0.15, 0.2) is 11.6 Å². The zero-order valence-corrected chi connectivity index (χ0v) is 12.1. The van der Waals surface area contributed by atoms with E-state index in [2.05, 4.69) is 18.6 Å². The van der Waals surface area contributed by atoms with Crippen molar-refractivity contribution < 1.29 is 22.6 Å². The van der Waals surface area contributed by atoms with Crippen LogP contribution in [0.3, 0.4) is 0 Å². The van der Waals surface area contributed by atoms with Gasteiger partial charge in [0.05, 0.1) is 11.8 Å². The first-order valence-corrected chi connectivity index (χ1v) is 7.05. The van der Waals surface area contributed by atoms with Crippen LogP contribution >= 0.6 is 0 Å². The smallest absolute Gasteiger partial charge is 0.387 e. The normalized spacial score (nSPS) is 25.9. The number of ether oxygens (including phenoxy) is 2. The Hall–Kier alpha value is -1.59. The topological polar surface area (TPSA) is 44.5 Å². The van der Waals surface area contributed by atoms with E-state index in [0.29, 0.717) is 11.8 Å². The molecule has 0 aromatic heterocycles. The fourth-order valence-corrected chi connectivity index (χ4v) is 2.99. The van der Waals surface area contributed by atoms with Crippen LogP contribution in [0.4, 0.5) is 18.9 Å². The zero-order chi connectivity index (χ0) is 15.6. The third-order valence-electron chi connectivity index (χ3n) is 3.71. The Labute approximate surface area is 122 Å². The fraction of sp³-hybridized carbons (Fsp3) is 0.600. The van der Waals surface area contributed by atoms with E-state index >= 15 is 0 Å². The molecule has 1 fully saturated rings. The van der Waals surface area contributed by atoms with Gasteiger partial charge in [-0.2, -0.15) is 8.78 Å². The van der Waals surface area contributed by atoms with Gasteiger partial charge in [0.1, 0.15) is 5.75 Å². The second-order valence-corrected chi connectivity index (χ2v) is 5.86. The molecule has 1 aromatic carbocycles. The lowest BCUT2D eigenvalue weighted by molar-refractivity contribution is -0.0523. The Balaban J connectivity index is 2.15. The number of hydrogen-bond donors (Lipinski definition) is 1. The third kappa shape index (κ3) is 4.19. The minimum atomic E-state index is -3.09. The number of hydrogen-bond acceptors (Lipinski definition) is 3. The summed E-state index contributed by atoms with van der Waals surface area (Å²) >= 11 is 0. The SMILES string of the molecule is CC1CC(C)CC(Oc2cc(OC(F)F)c(F)cc2N)C1. The van der Waals surface area contributed by atoms with Crippen molar-refractivity contribution in [2.24, 2.45) is 11.8 Å². The van der Waals surface area contributed by atoms with Gasteiger partial charge in [-0.15, -0.1) is 0 Å². The summed E-state index contributed by atoms with van der Waals surface area (Å²) < 4.78 is 47.9. The summed E-state index contributed by atoms with van der Waals surface area (Å²) in [6.45, 7) is 1.20. The molecule has 21 heavy (non-hydrogen) atoms. The monoisotopic (exact) mass is 303 g/mol. The highest BCUT2D eigenvalue weighted by atomic mass is 19.3. The van der Waals surface area contributed by atoms with E-state index in [1.54, 1.807) is 0 Å². The quantitative estimate of drug-likeness (QED) is 0.847. The Bertz CT molecular complexity index is 486. The summed E-state index contributed by atoms with van der Waals surface area (Å²) in [4.78, 5) is 0. The van der Waals surface area contributed by atoms with Crippen LogP contribution in [0.15, 0.2) is 12.1 Å². The molecule has 1 aromatic rings. The van der Waals surface area contributed by atoms with Gasteiger partial charge in [-0.25, -0.2) is 4.39 Å². The van der Waals surface area contributed by atoms with E-state index in [4.69, 9.17) is 10.5 Å². The Morgan fingerprint density at radius 1 is 1.10 bits per heavy atom. The van der Waals surface area contributed by atoms with Gasteiger partial charge in [0.25, 0.3) is 0 Å². The van der Waals surface area contributed by atoms with Crippen LogP contribution in [0, 0.1) is 17.7 Å². The maximum absolute atomic E-state index is 13.5. The predicted octanol–water partition coefficient (Wildman–Crippen LogP) is 4.21. The molecule has 6 heteroatoms. The van der Waals surface area contributed by atoms with Crippen molar-refractivity contribution in [2.75, 3.05) is 5.73 Å². The molecule has 2 N–H and O–H groups in total. The Morgan fingerprint density at radius 2 is 1.71 bits per heavy atom. The molecule has 2 atom stereocenters. The average molecular weight is 303 g/mol. The Morgan fingerprint density at radius 3 is 2.29 bits per heavy atom. The van der Waals surface area contributed by atoms with Crippen molar-refractivity contribution in [3.8, 4) is 11.5 Å². The molecule has 1 saturated carbocycles. The van der Waals surface area contributed by atoms with Gasteiger partial charge in [0, 0.05) is 12.1 Å². The highest BCUT2D eigenvalue weighted by Crippen LogP contribution is 2.36. The van der Waals surface area contributed by atoms with Crippen molar-refractivity contribution >= 4 is 5.69 Å². The van der Waals surface area contributed by atoms with Gasteiger partial charge in [-0.3, -0.25) is 0 Å². The van der Waals surface area contributed by atoms with Crippen LogP contribution in [0.25, 0.3) is 0 Å². The number of rotatable bonds is 4. The van der Waals surface area contributed by atoms with Crippen molar-refractivity contribution in [1.29, 1.82) is 0 Å². The summed E-state index contributed by atoms with van der Waals surface area (Å²) in [5.74, 6) is -0.232. The molecule has 0 heterocycles. The van der Waals surface area contributed by atoms with Gasteiger partial charge in [0.2, 0.25) is 0 Å². The fourth-order valence-electron chi connectivity index (χ4n) is 2.99. The molecule has 0 aliphatic heterocycles. The van der Waals surface area contributed by atoms with Crippen LogP contribution in [0.1, 0.15) is 33.1 Å². The lowest BCUT2D eigenvalue weighted by atomic mass is 9.82. The molecule has 1 aliphatic carbocycles. The van der Waals surface area contributed by atoms with Gasteiger partial charge in [-0.1, -0.05) is 13.8 Å². The summed E-state index contributed by atoms with van der Waals surface area (Å²) in [5.41, 5.74) is 5.78. The lowest BCUT2D eigenvalue weighted by Gasteiger charge is -2.32. The molecule has 0 radical (unpaired) electrons. The molecule has 0 spiro atoms. The van der Waals surface area contributed by atoms with E-state index in [1.165, 1.54) is 0 Å². The van der Waals surface area contributed by atoms with Crippen LogP contribution in [-0.4, -0.2) is 12.7 Å². The van der Waals surface area contributed by atoms with E-state index in [9.17, 15) is 13.2 Å². The first-order chi connectivity index (χ1) is 9.85. The Kier molecular flexibility index (Phi) is 4.85. The molecule has 2 rings (SSSR count). The van der Waals surface area contributed by atoms with Gasteiger partial charge < -0.3 is 15.2 Å². The van der Waals surface area contributed by atoms with E-state index in [1.807, 2.05) is 0 Å². The van der Waals surface area contributed by atoms with E-state index in [0.717, 1.165) is 31.4 Å². The highest BCUT2D eigenvalue weighted by Gasteiger charge is 2.26. The highest BCUT2D eigenvalue weighted by molar-refractivity contribution is 5.56. The number of anilines is 1. The van der Waals surface area contributed by atoms with Crippen LogP contribution in [0.5, 0.6) is 11.5 Å². The van der Waals surface area contributed by atoms with E-state index < -0.39 is 18.2 Å². The maximum atomic E-state index is 13.5. The van der Waals surface area contributed by atoms with Crippen molar-refractivity contribution in [3.05, 3.63) is 17.9 Å². The largest absolute Gasteiger partial charge is 0.488 e. The number of nitrogen functional groups attached to an aromatic ring is 1. The maximum Gasteiger partial charge on any atom is 0.387 e. The summed E-state index contributed by atoms with van der Waals surface area (Å²) in [6.07, 6.45) is 2.83.